The van der Waals surface area contributed by atoms with Crippen LogP contribution in [-0.4, -0.2) is 46.4 Å². The summed E-state index contributed by atoms with van der Waals surface area (Å²) < 4.78 is 0. The third-order valence-electron chi connectivity index (χ3n) is 3.73. The van der Waals surface area contributed by atoms with Gasteiger partial charge in [0.1, 0.15) is 12.1 Å². The molecule has 0 aliphatic carbocycles. The third-order valence-corrected chi connectivity index (χ3v) is 3.73. The van der Waals surface area contributed by atoms with Crippen molar-refractivity contribution in [3.63, 3.8) is 0 Å². The highest BCUT2D eigenvalue weighted by molar-refractivity contribution is 5.93. The van der Waals surface area contributed by atoms with E-state index in [-0.39, 0.29) is 11.8 Å². The molecule has 2 unspecified atom stereocenters. The summed E-state index contributed by atoms with van der Waals surface area (Å²) >= 11 is 0. The third kappa shape index (κ3) is 2.47. The molecule has 2 saturated heterocycles. The van der Waals surface area contributed by atoms with Crippen LogP contribution in [0.15, 0.2) is 0 Å². The molecule has 2 fully saturated rings. The molecule has 0 radical (unpaired) electrons. The predicted molar refractivity (Wildman–Crippen MR) is 62.7 cm³/mol. The van der Waals surface area contributed by atoms with Crippen LogP contribution in [0.3, 0.4) is 0 Å². The Morgan fingerprint density at radius 1 is 1.39 bits per heavy atom. The molecule has 2 N–H and O–H groups in total. The van der Waals surface area contributed by atoms with E-state index in [1.54, 1.807) is 0 Å². The van der Waals surface area contributed by atoms with Gasteiger partial charge in [0.05, 0.1) is 0 Å². The Hall–Kier alpha value is -1.59. The number of carboxylic acid groups (broad SMARTS) is 1. The van der Waals surface area contributed by atoms with Gasteiger partial charge in [-0.25, -0.2) is 4.79 Å². The molecule has 0 aromatic carbocycles. The van der Waals surface area contributed by atoms with Crippen LogP contribution in [0.25, 0.3) is 0 Å². The fourth-order valence-corrected chi connectivity index (χ4v) is 2.64. The highest BCUT2D eigenvalue weighted by atomic mass is 16.4. The smallest absolute Gasteiger partial charge is 0.326 e. The van der Waals surface area contributed by atoms with Gasteiger partial charge in [-0.15, -0.1) is 0 Å². The van der Waals surface area contributed by atoms with E-state index in [0.717, 1.165) is 6.42 Å². The van der Waals surface area contributed by atoms with Crippen molar-refractivity contribution in [3.8, 4) is 0 Å². The van der Waals surface area contributed by atoms with Gasteiger partial charge in [0.2, 0.25) is 11.8 Å². The van der Waals surface area contributed by atoms with Crippen LogP contribution in [0.2, 0.25) is 0 Å². The lowest BCUT2D eigenvalue weighted by Gasteiger charge is -2.37. The van der Waals surface area contributed by atoms with Crippen LogP contribution in [-0.2, 0) is 14.4 Å². The van der Waals surface area contributed by atoms with Crippen LogP contribution in [0.4, 0.5) is 0 Å². The molecule has 3 atom stereocenters. The summed E-state index contributed by atoms with van der Waals surface area (Å²) in [6.45, 7) is 2.46. The summed E-state index contributed by atoms with van der Waals surface area (Å²) in [5, 5.41) is 11.8. The zero-order valence-electron chi connectivity index (χ0n) is 10.4. The van der Waals surface area contributed by atoms with Gasteiger partial charge in [0, 0.05) is 13.0 Å². The lowest BCUT2D eigenvalue weighted by atomic mass is 9.92. The number of piperidine rings is 1. The first-order valence-electron chi connectivity index (χ1n) is 6.31. The zero-order chi connectivity index (χ0) is 13.3. The van der Waals surface area contributed by atoms with Crippen molar-refractivity contribution in [2.75, 3.05) is 6.54 Å². The summed E-state index contributed by atoms with van der Waals surface area (Å²) in [6.07, 6.45) is 2.12. The number of likely N-dealkylation sites (tertiary alicyclic amines) is 1. The molecule has 2 heterocycles. The van der Waals surface area contributed by atoms with E-state index in [4.69, 9.17) is 0 Å². The minimum atomic E-state index is -0.959. The number of carboxylic acids is 1. The minimum Gasteiger partial charge on any atom is -0.480 e. The molecular formula is C12H18N2O4. The van der Waals surface area contributed by atoms with Crippen molar-refractivity contribution in [2.24, 2.45) is 5.92 Å². The Balaban J connectivity index is 2.07. The molecular weight excluding hydrogens is 236 g/mol. The normalized spacial score (nSPS) is 32.2. The van der Waals surface area contributed by atoms with Crippen molar-refractivity contribution in [1.29, 1.82) is 0 Å². The van der Waals surface area contributed by atoms with E-state index in [0.29, 0.717) is 31.7 Å². The van der Waals surface area contributed by atoms with E-state index in [1.165, 1.54) is 4.90 Å². The lowest BCUT2D eigenvalue weighted by Crippen LogP contribution is -2.54. The summed E-state index contributed by atoms with van der Waals surface area (Å²) in [7, 11) is 0. The average molecular weight is 254 g/mol. The van der Waals surface area contributed by atoms with Crippen molar-refractivity contribution < 1.29 is 19.5 Å². The number of hydrogen-bond acceptors (Lipinski definition) is 3. The molecule has 18 heavy (non-hydrogen) atoms. The number of nitrogens with zero attached hydrogens (tertiary/aromatic N) is 1. The first kappa shape index (κ1) is 12.9. The average Bonchev–Trinajstić information content (AvgIpc) is 2.75. The Morgan fingerprint density at radius 3 is 2.67 bits per heavy atom. The zero-order valence-corrected chi connectivity index (χ0v) is 10.4. The number of aliphatic carboxylic acids is 1. The molecule has 0 aromatic heterocycles. The SMILES string of the molecule is CC1CCN(C(=O)[C@H]2CCC(=O)N2)C(C(=O)O)C1. The topological polar surface area (TPSA) is 86.7 Å². The first-order valence-corrected chi connectivity index (χ1v) is 6.31. The summed E-state index contributed by atoms with van der Waals surface area (Å²) in [5.41, 5.74) is 0. The standard InChI is InChI=1S/C12H18N2O4/c1-7-4-5-14(9(6-7)12(17)18)11(16)8-2-3-10(15)13-8/h7-9H,2-6H2,1H3,(H,13,15)(H,17,18)/t7?,8-,9?/m1/s1. The molecule has 100 valence electrons. The van der Waals surface area contributed by atoms with Crippen molar-refractivity contribution in [2.45, 2.75) is 44.7 Å². The summed E-state index contributed by atoms with van der Waals surface area (Å²) in [6, 6.07) is -1.29. The molecule has 2 aliphatic heterocycles. The molecule has 0 bridgehead atoms. The number of hydrogen-bond donors (Lipinski definition) is 2. The van der Waals surface area contributed by atoms with E-state index in [2.05, 4.69) is 5.32 Å². The van der Waals surface area contributed by atoms with Crippen LogP contribution in [0, 0.1) is 5.92 Å². The Morgan fingerprint density at radius 2 is 2.11 bits per heavy atom. The van der Waals surface area contributed by atoms with Gasteiger partial charge < -0.3 is 15.3 Å². The fraction of sp³-hybridized carbons (Fsp3) is 0.750. The second-order valence-electron chi connectivity index (χ2n) is 5.17. The highest BCUT2D eigenvalue weighted by Gasteiger charge is 2.39. The van der Waals surface area contributed by atoms with Gasteiger partial charge in [-0.1, -0.05) is 6.92 Å². The summed E-state index contributed by atoms with van der Waals surface area (Å²) in [5.74, 6) is -1.03. The molecule has 2 rings (SSSR count). The molecule has 2 amide bonds. The second-order valence-corrected chi connectivity index (χ2v) is 5.17. The number of carbonyl (C=O) groups is 3. The first-order chi connectivity index (χ1) is 8.49. The molecule has 0 saturated carbocycles. The maximum absolute atomic E-state index is 12.2. The number of carbonyl (C=O) groups excluding carboxylic acids is 2. The number of nitrogens with one attached hydrogen (secondary N) is 1. The van der Waals surface area contributed by atoms with Crippen molar-refractivity contribution in [1.82, 2.24) is 10.2 Å². The van der Waals surface area contributed by atoms with E-state index < -0.39 is 18.1 Å². The highest BCUT2D eigenvalue weighted by Crippen LogP contribution is 2.24. The van der Waals surface area contributed by atoms with Gasteiger partial charge in [-0.05, 0) is 25.2 Å². The Bertz CT molecular complexity index is 382. The molecule has 6 heteroatoms. The van der Waals surface area contributed by atoms with Crippen LogP contribution in [0.5, 0.6) is 0 Å². The maximum Gasteiger partial charge on any atom is 0.326 e. The fourth-order valence-electron chi connectivity index (χ4n) is 2.64. The number of amides is 2. The van der Waals surface area contributed by atoms with Crippen molar-refractivity contribution in [3.05, 3.63) is 0 Å². The van der Waals surface area contributed by atoms with Crippen molar-refractivity contribution >= 4 is 17.8 Å². The van der Waals surface area contributed by atoms with E-state index >= 15 is 0 Å². The molecule has 6 nitrogen and oxygen atoms in total. The van der Waals surface area contributed by atoms with Gasteiger partial charge >= 0.3 is 5.97 Å². The lowest BCUT2D eigenvalue weighted by molar-refractivity contribution is -0.153. The predicted octanol–water partition coefficient (Wildman–Crippen LogP) is -0.0233. The quantitative estimate of drug-likeness (QED) is 0.725. The Labute approximate surface area is 105 Å². The van der Waals surface area contributed by atoms with E-state index in [9.17, 15) is 19.5 Å². The Kier molecular flexibility index (Phi) is 3.54. The van der Waals surface area contributed by atoms with Gasteiger partial charge in [-0.2, -0.15) is 0 Å². The second kappa shape index (κ2) is 4.96. The van der Waals surface area contributed by atoms with Gasteiger partial charge in [0.25, 0.3) is 0 Å². The van der Waals surface area contributed by atoms with Crippen LogP contribution >= 0.6 is 0 Å². The van der Waals surface area contributed by atoms with Gasteiger partial charge in [0.15, 0.2) is 0 Å². The number of rotatable bonds is 2. The maximum atomic E-state index is 12.2. The van der Waals surface area contributed by atoms with E-state index in [1.807, 2.05) is 6.92 Å². The van der Waals surface area contributed by atoms with Crippen LogP contribution < -0.4 is 5.32 Å². The van der Waals surface area contributed by atoms with Crippen LogP contribution in [0.1, 0.15) is 32.6 Å². The monoisotopic (exact) mass is 254 g/mol. The molecule has 2 aliphatic rings. The molecule has 0 aromatic rings. The van der Waals surface area contributed by atoms with Gasteiger partial charge in [-0.3, -0.25) is 9.59 Å². The molecule has 0 spiro atoms. The minimum absolute atomic E-state index is 0.134. The summed E-state index contributed by atoms with van der Waals surface area (Å²) in [4.78, 5) is 36.0. The largest absolute Gasteiger partial charge is 0.480 e.